The highest BCUT2D eigenvalue weighted by atomic mass is 16.6. The minimum atomic E-state index is -0.725. The molecule has 0 saturated heterocycles. The normalized spacial score (nSPS) is 10.3. The third kappa shape index (κ3) is 5.87. The van der Waals surface area contributed by atoms with Crippen LogP contribution in [0.4, 0.5) is 4.79 Å². The van der Waals surface area contributed by atoms with Crippen LogP contribution in [0.1, 0.15) is 31.9 Å². The van der Waals surface area contributed by atoms with Gasteiger partial charge in [-0.3, -0.25) is 10.2 Å². The monoisotopic (exact) mass is 275 g/mol. The Morgan fingerprint density at radius 2 is 2.00 bits per heavy atom. The topological polar surface area (TPSA) is 91.2 Å². The average Bonchev–Trinajstić information content (AvgIpc) is 2.34. The Kier molecular flexibility index (Phi) is 5.09. The van der Waals surface area contributed by atoms with Crippen molar-refractivity contribution in [2.45, 2.75) is 32.8 Å². The van der Waals surface area contributed by atoms with Gasteiger partial charge in [-0.25, -0.2) is 10.2 Å². The minimum Gasteiger partial charge on any atom is -0.443 e. The maximum atomic E-state index is 11.6. The van der Waals surface area contributed by atoms with E-state index in [1.165, 1.54) is 0 Å². The molecule has 6 heteroatoms. The summed E-state index contributed by atoms with van der Waals surface area (Å²) in [6, 6.07) is 8.69. The molecule has 1 aromatic carbocycles. The summed E-state index contributed by atoms with van der Waals surface area (Å²) >= 11 is 0. The largest absolute Gasteiger partial charge is 0.443 e. The second kappa shape index (κ2) is 6.57. The van der Waals surface area contributed by atoms with Crippen LogP contribution in [0.25, 0.3) is 0 Å². The van der Waals surface area contributed by atoms with Crippen LogP contribution < -0.4 is 10.9 Å². The molecule has 0 heterocycles. The van der Waals surface area contributed by atoms with E-state index in [2.05, 4.69) is 10.9 Å². The molecule has 106 valence electrons. The standard InChI is InChI=1S/C14H17N3O3/c1-14(2,3)20-13(19)17-16-12(18)8-10-5-4-6-11(7-10)9-15/h4-7H,8H2,1-3H3,(H,16,18)(H,17,19). The molecule has 0 aromatic heterocycles. The first-order valence-electron chi connectivity index (χ1n) is 6.07. The molecule has 20 heavy (non-hydrogen) atoms. The zero-order valence-electron chi connectivity index (χ0n) is 11.7. The van der Waals surface area contributed by atoms with Gasteiger partial charge in [0.05, 0.1) is 18.1 Å². The summed E-state index contributed by atoms with van der Waals surface area (Å²) in [5.74, 6) is -0.397. The van der Waals surface area contributed by atoms with E-state index in [0.717, 1.165) is 0 Å². The number of hydrazine groups is 1. The van der Waals surface area contributed by atoms with Crippen LogP contribution in [-0.2, 0) is 16.0 Å². The van der Waals surface area contributed by atoms with Gasteiger partial charge in [-0.05, 0) is 38.5 Å². The molecule has 0 aliphatic heterocycles. The molecule has 0 radical (unpaired) electrons. The minimum absolute atomic E-state index is 0.0608. The zero-order chi connectivity index (χ0) is 15.2. The van der Waals surface area contributed by atoms with Crippen molar-refractivity contribution in [2.75, 3.05) is 0 Å². The molecule has 0 fully saturated rings. The smallest absolute Gasteiger partial charge is 0.426 e. The molecule has 0 atom stereocenters. The lowest BCUT2D eigenvalue weighted by molar-refractivity contribution is -0.121. The number of benzene rings is 1. The van der Waals surface area contributed by atoms with Gasteiger partial charge in [-0.15, -0.1) is 0 Å². The fraction of sp³-hybridized carbons (Fsp3) is 0.357. The number of rotatable bonds is 2. The van der Waals surface area contributed by atoms with E-state index in [1.54, 1.807) is 45.0 Å². The molecule has 2 N–H and O–H groups in total. The highest BCUT2D eigenvalue weighted by molar-refractivity contribution is 5.81. The molecule has 0 unspecified atom stereocenters. The van der Waals surface area contributed by atoms with E-state index < -0.39 is 17.6 Å². The zero-order valence-corrected chi connectivity index (χ0v) is 11.7. The van der Waals surface area contributed by atoms with E-state index in [4.69, 9.17) is 10.00 Å². The van der Waals surface area contributed by atoms with Crippen LogP contribution in [0.5, 0.6) is 0 Å². The fourth-order valence-corrected chi connectivity index (χ4v) is 1.40. The van der Waals surface area contributed by atoms with Gasteiger partial charge in [0.1, 0.15) is 5.60 Å². The summed E-state index contributed by atoms with van der Waals surface area (Å²) in [6.45, 7) is 5.17. The van der Waals surface area contributed by atoms with E-state index >= 15 is 0 Å². The number of hydrogen-bond acceptors (Lipinski definition) is 4. The van der Waals surface area contributed by atoms with Crippen molar-refractivity contribution in [1.82, 2.24) is 10.9 Å². The van der Waals surface area contributed by atoms with Crippen LogP contribution >= 0.6 is 0 Å². The molecule has 6 nitrogen and oxygen atoms in total. The molecule has 0 saturated carbocycles. The van der Waals surface area contributed by atoms with Gasteiger partial charge < -0.3 is 4.74 Å². The highest BCUT2D eigenvalue weighted by Crippen LogP contribution is 2.06. The first-order valence-corrected chi connectivity index (χ1v) is 6.07. The Bertz CT molecular complexity index is 541. The predicted molar refractivity (Wildman–Crippen MR) is 72.4 cm³/mol. The van der Waals surface area contributed by atoms with Crippen molar-refractivity contribution in [3.05, 3.63) is 35.4 Å². The summed E-state index contributed by atoms with van der Waals surface area (Å²) in [4.78, 5) is 22.9. The lowest BCUT2D eigenvalue weighted by Crippen LogP contribution is -2.44. The van der Waals surface area contributed by atoms with Crippen molar-refractivity contribution in [2.24, 2.45) is 0 Å². The number of nitrogens with zero attached hydrogens (tertiary/aromatic N) is 1. The lowest BCUT2D eigenvalue weighted by Gasteiger charge is -2.19. The summed E-state index contributed by atoms with van der Waals surface area (Å²) < 4.78 is 4.97. The van der Waals surface area contributed by atoms with Crippen LogP contribution in [-0.4, -0.2) is 17.6 Å². The molecule has 1 rings (SSSR count). The van der Waals surface area contributed by atoms with Crippen molar-refractivity contribution in [1.29, 1.82) is 5.26 Å². The number of hydrogen-bond donors (Lipinski definition) is 2. The number of nitrogens with one attached hydrogen (secondary N) is 2. The van der Waals surface area contributed by atoms with Crippen molar-refractivity contribution in [3.8, 4) is 6.07 Å². The van der Waals surface area contributed by atoms with E-state index in [1.807, 2.05) is 6.07 Å². The van der Waals surface area contributed by atoms with Crippen LogP contribution in [0.15, 0.2) is 24.3 Å². The summed E-state index contributed by atoms with van der Waals surface area (Å²) in [5.41, 5.74) is 4.95. The van der Waals surface area contributed by atoms with E-state index in [9.17, 15) is 9.59 Å². The summed E-state index contributed by atoms with van der Waals surface area (Å²) in [5, 5.41) is 8.76. The molecule has 1 aromatic rings. The highest BCUT2D eigenvalue weighted by Gasteiger charge is 2.16. The Morgan fingerprint density at radius 1 is 1.30 bits per heavy atom. The first kappa shape index (κ1) is 15.5. The van der Waals surface area contributed by atoms with Gasteiger partial charge in [0.15, 0.2) is 0 Å². The fourth-order valence-electron chi connectivity index (χ4n) is 1.40. The Balaban J connectivity index is 2.44. The van der Waals surface area contributed by atoms with Gasteiger partial charge in [-0.2, -0.15) is 5.26 Å². The second-order valence-electron chi connectivity index (χ2n) is 5.16. The summed E-state index contributed by atoms with van der Waals surface area (Å²) in [6.07, 6.45) is -0.665. The van der Waals surface area contributed by atoms with Gasteiger partial charge in [0, 0.05) is 0 Å². The van der Waals surface area contributed by atoms with Crippen LogP contribution in [0.3, 0.4) is 0 Å². The Morgan fingerprint density at radius 3 is 2.60 bits per heavy atom. The number of ether oxygens (including phenoxy) is 1. The average molecular weight is 275 g/mol. The molecular weight excluding hydrogens is 258 g/mol. The van der Waals surface area contributed by atoms with Gasteiger partial charge in [0.2, 0.25) is 5.91 Å². The Hall–Kier alpha value is -2.55. The van der Waals surface area contributed by atoms with Gasteiger partial charge in [-0.1, -0.05) is 12.1 Å². The van der Waals surface area contributed by atoms with Crippen molar-refractivity contribution < 1.29 is 14.3 Å². The van der Waals surface area contributed by atoms with E-state index in [-0.39, 0.29) is 6.42 Å². The van der Waals surface area contributed by atoms with Crippen molar-refractivity contribution in [3.63, 3.8) is 0 Å². The number of carbonyl (C=O) groups excluding carboxylic acids is 2. The van der Waals surface area contributed by atoms with Gasteiger partial charge >= 0.3 is 6.09 Å². The molecular formula is C14H17N3O3. The third-order valence-electron chi connectivity index (χ3n) is 2.12. The Labute approximate surface area is 117 Å². The molecule has 0 bridgehead atoms. The van der Waals surface area contributed by atoms with Crippen LogP contribution in [0.2, 0.25) is 0 Å². The third-order valence-corrected chi connectivity index (χ3v) is 2.12. The first-order chi connectivity index (χ1) is 9.30. The van der Waals surface area contributed by atoms with Gasteiger partial charge in [0.25, 0.3) is 0 Å². The SMILES string of the molecule is CC(C)(C)OC(=O)NNC(=O)Cc1cccc(C#N)c1. The van der Waals surface area contributed by atoms with Crippen LogP contribution in [0, 0.1) is 11.3 Å². The number of amides is 2. The predicted octanol–water partition coefficient (Wildman–Crippen LogP) is 1.66. The second-order valence-corrected chi connectivity index (χ2v) is 5.16. The molecule has 0 spiro atoms. The maximum absolute atomic E-state index is 11.6. The molecule has 0 aliphatic carbocycles. The lowest BCUT2D eigenvalue weighted by atomic mass is 10.1. The maximum Gasteiger partial charge on any atom is 0.426 e. The van der Waals surface area contributed by atoms with Crippen molar-refractivity contribution >= 4 is 12.0 Å². The number of carbonyl (C=O) groups is 2. The number of nitriles is 1. The molecule has 0 aliphatic rings. The summed E-state index contributed by atoms with van der Waals surface area (Å²) in [7, 11) is 0. The molecule has 2 amide bonds. The van der Waals surface area contributed by atoms with E-state index in [0.29, 0.717) is 11.1 Å². The quantitative estimate of drug-likeness (QED) is 0.803.